The molecule has 5 heteroatoms. The second-order valence-corrected chi connectivity index (χ2v) is 4.53. The van der Waals surface area contributed by atoms with E-state index in [2.05, 4.69) is 4.98 Å². The third-order valence-corrected chi connectivity index (χ3v) is 2.85. The summed E-state index contributed by atoms with van der Waals surface area (Å²) in [5.41, 5.74) is 8.15. The normalized spacial score (nSPS) is 10.4. The van der Waals surface area contributed by atoms with Crippen molar-refractivity contribution in [1.29, 1.82) is 0 Å². The van der Waals surface area contributed by atoms with Gasteiger partial charge in [-0.15, -0.1) is 6.54 Å². The molecule has 0 spiro atoms. The van der Waals surface area contributed by atoms with Crippen molar-refractivity contribution in [3.8, 4) is 11.6 Å². The van der Waals surface area contributed by atoms with Crippen LogP contribution in [0.2, 0.25) is 10.0 Å². The summed E-state index contributed by atoms with van der Waals surface area (Å²) in [6.45, 7) is 0.352. The number of ether oxygens (including phenoxy) is 1. The number of nitrogens with zero attached hydrogens (tertiary/aromatic N) is 1. The van der Waals surface area contributed by atoms with Gasteiger partial charge in [0.1, 0.15) is 5.75 Å². The predicted octanol–water partition coefficient (Wildman–Crippen LogP) is 4.78. The van der Waals surface area contributed by atoms with Crippen molar-refractivity contribution < 1.29 is 4.74 Å². The Hall–Kier alpha value is -1.29. The predicted molar refractivity (Wildman–Crippen MR) is 73.7 cm³/mol. The lowest BCUT2D eigenvalue weighted by Gasteiger charge is -2.08. The summed E-state index contributed by atoms with van der Waals surface area (Å²) in [5.74, 6) is 0.981. The summed E-state index contributed by atoms with van der Waals surface area (Å²) in [7, 11) is 0. The van der Waals surface area contributed by atoms with E-state index >= 15 is 0 Å². The van der Waals surface area contributed by atoms with Gasteiger partial charge in [-0.1, -0.05) is 29.3 Å². The summed E-state index contributed by atoms with van der Waals surface area (Å²) in [6.07, 6.45) is 2.39. The molecule has 3 nitrogen and oxygen atoms in total. The fraction of sp³-hybridized carbons (Fsp3) is 0.154. The maximum absolute atomic E-state index is 7.13. The number of halogens is 2. The zero-order chi connectivity index (χ0) is 13.0. The van der Waals surface area contributed by atoms with Gasteiger partial charge in [0.2, 0.25) is 5.88 Å². The molecule has 94 valence electrons. The highest BCUT2D eigenvalue weighted by Crippen LogP contribution is 2.30. The second kappa shape index (κ2) is 6.05. The Morgan fingerprint density at radius 1 is 1.17 bits per heavy atom. The Morgan fingerprint density at radius 2 is 2.00 bits per heavy atom. The molecule has 0 saturated carbocycles. The third kappa shape index (κ3) is 3.35. The molecule has 0 aliphatic rings. The molecule has 0 saturated heterocycles. The van der Waals surface area contributed by atoms with Gasteiger partial charge in [0.25, 0.3) is 0 Å². The van der Waals surface area contributed by atoms with Gasteiger partial charge in [-0.05, 0) is 30.2 Å². The van der Waals surface area contributed by atoms with Crippen molar-refractivity contribution >= 4 is 23.2 Å². The van der Waals surface area contributed by atoms with E-state index in [0.717, 1.165) is 5.56 Å². The SMILES string of the molecule is [NH-]CCc1ccc(Oc2ccc(Cl)cc2Cl)nc1. The largest absolute Gasteiger partial charge is 0.677 e. The number of hydrogen-bond donors (Lipinski definition) is 0. The Balaban J connectivity index is 2.13. The number of aromatic nitrogens is 1. The fourth-order valence-electron chi connectivity index (χ4n) is 1.43. The molecule has 0 aliphatic heterocycles. The lowest BCUT2D eigenvalue weighted by molar-refractivity contribution is 0.463. The minimum atomic E-state index is 0.352. The van der Waals surface area contributed by atoms with E-state index < -0.39 is 0 Å². The van der Waals surface area contributed by atoms with Crippen LogP contribution in [0.4, 0.5) is 0 Å². The van der Waals surface area contributed by atoms with Crippen LogP contribution in [0.5, 0.6) is 11.6 Å². The van der Waals surface area contributed by atoms with Gasteiger partial charge in [-0.25, -0.2) is 4.98 Å². The van der Waals surface area contributed by atoms with Crippen LogP contribution in [0.25, 0.3) is 5.73 Å². The fourth-order valence-corrected chi connectivity index (χ4v) is 1.88. The second-order valence-electron chi connectivity index (χ2n) is 3.68. The van der Waals surface area contributed by atoms with Gasteiger partial charge >= 0.3 is 0 Å². The number of hydrogen-bond acceptors (Lipinski definition) is 2. The molecule has 18 heavy (non-hydrogen) atoms. The Labute approximate surface area is 115 Å². The van der Waals surface area contributed by atoms with Crippen molar-refractivity contribution in [3.05, 3.63) is 57.9 Å². The van der Waals surface area contributed by atoms with Crippen molar-refractivity contribution in [1.82, 2.24) is 4.98 Å². The number of benzene rings is 1. The van der Waals surface area contributed by atoms with E-state index in [1.807, 2.05) is 6.07 Å². The lowest BCUT2D eigenvalue weighted by Crippen LogP contribution is -1.92. The van der Waals surface area contributed by atoms with Crippen LogP contribution < -0.4 is 4.74 Å². The summed E-state index contributed by atoms with van der Waals surface area (Å²) in [5, 5.41) is 1.01. The first-order valence-corrected chi connectivity index (χ1v) is 6.17. The molecular formula is C13H11Cl2N2O-. The summed E-state index contributed by atoms with van der Waals surface area (Å²) in [4.78, 5) is 4.16. The molecule has 2 rings (SSSR count). The molecule has 2 aromatic rings. The third-order valence-electron chi connectivity index (χ3n) is 2.32. The van der Waals surface area contributed by atoms with E-state index in [1.165, 1.54) is 0 Å². The molecule has 0 amide bonds. The molecule has 0 fully saturated rings. The minimum absolute atomic E-state index is 0.352. The monoisotopic (exact) mass is 281 g/mol. The average molecular weight is 282 g/mol. The van der Waals surface area contributed by atoms with Crippen molar-refractivity contribution in [3.63, 3.8) is 0 Å². The maximum atomic E-state index is 7.13. The van der Waals surface area contributed by atoms with Gasteiger partial charge in [0.05, 0.1) is 5.02 Å². The van der Waals surface area contributed by atoms with Crippen molar-refractivity contribution in [2.45, 2.75) is 6.42 Å². The van der Waals surface area contributed by atoms with E-state index in [9.17, 15) is 0 Å². The quantitative estimate of drug-likeness (QED) is 0.810. The zero-order valence-corrected chi connectivity index (χ0v) is 11.0. The summed E-state index contributed by atoms with van der Waals surface area (Å²) >= 11 is 11.8. The highest BCUT2D eigenvalue weighted by molar-refractivity contribution is 6.35. The molecule has 0 bridgehead atoms. The summed E-state index contributed by atoms with van der Waals surface area (Å²) < 4.78 is 5.55. The van der Waals surface area contributed by atoms with Gasteiger partial charge in [0, 0.05) is 17.3 Å². The van der Waals surface area contributed by atoms with Crippen LogP contribution >= 0.6 is 23.2 Å². The molecule has 1 N–H and O–H groups in total. The summed E-state index contributed by atoms with van der Waals surface area (Å²) in [6, 6.07) is 8.67. The molecule has 0 radical (unpaired) electrons. The van der Waals surface area contributed by atoms with Crippen LogP contribution in [0, 0.1) is 0 Å². The number of pyridine rings is 1. The van der Waals surface area contributed by atoms with Crippen molar-refractivity contribution in [2.75, 3.05) is 6.54 Å². The average Bonchev–Trinajstić information content (AvgIpc) is 2.35. The van der Waals surface area contributed by atoms with Crippen LogP contribution in [0.3, 0.4) is 0 Å². The van der Waals surface area contributed by atoms with Crippen LogP contribution in [0.15, 0.2) is 36.5 Å². The highest BCUT2D eigenvalue weighted by Gasteiger charge is 2.04. The minimum Gasteiger partial charge on any atom is -0.677 e. The van der Waals surface area contributed by atoms with Gasteiger partial charge < -0.3 is 10.5 Å². The first-order valence-electron chi connectivity index (χ1n) is 5.41. The Morgan fingerprint density at radius 3 is 2.61 bits per heavy atom. The van der Waals surface area contributed by atoms with Gasteiger partial charge in [-0.2, -0.15) is 0 Å². The molecule has 1 aromatic heterocycles. The lowest BCUT2D eigenvalue weighted by atomic mass is 10.2. The van der Waals surface area contributed by atoms with E-state index in [4.69, 9.17) is 33.7 Å². The first-order chi connectivity index (χ1) is 8.69. The van der Waals surface area contributed by atoms with Gasteiger partial charge in [0.15, 0.2) is 0 Å². The standard InChI is InChI=1S/C13H11Cl2N2O/c14-10-2-3-12(11(15)7-10)18-13-4-1-9(5-6-16)8-17-13/h1-4,7-8,16H,5-6H2/q-1. The molecule has 0 aliphatic carbocycles. The van der Waals surface area contributed by atoms with Crippen LogP contribution in [0.1, 0.15) is 5.56 Å². The molecule has 0 unspecified atom stereocenters. The highest BCUT2D eigenvalue weighted by atomic mass is 35.5. The van der Waals surface area contributed by atoms with E-state index in [1.54, 1.807) is 30.5 Å². The molecular weight excluding hydrogens is 271 g/mol. The van der Waals surface area contributed by atoms with E-state index in [-0.39, 0.29) is 0 Å². The van der Waals surface area contributed by atoms with Gasteiger partial charge in [-0.3, -0.25) is 0 Å². The van der Waals surface area contributed by atoms with E-state index in [0.29, 0.717) is 34.6 Å². The maximum Gasteiger partial charge on any atom is 0.219 e. The molecule has 1 heterocycles. The zero-order valence-electron chi connectivity index (χ0n) is 9.49. The van der Waals surface area contributed by atoms with Crippen LogP contribution in [-0.4, -0.2) is 11.5 Å². The topological polar surface area (TPSA) is 45.9 Å². The number of nitrogens with one attached hydrogen (secondary N) is 1. The number of rotatable bonds is 4. The van der Waals surface area contributed by atoms with Crippen LogP contribution in [-0.2, 0) is 6.42 Å². The Kier molecular flexibility index (Phi) is 4.42. The Bertz CT molecular complexity index is 529. The smallest absolute Gasteiger partial charge is 0.219 e. The molecule has 0 atom stereocenters. The first kappa shape index (κ1) is 13.1. The molecule has 1 aromatic carbocycles. The van der Waals surface area contributed by atoms with Crippen molar-refractivity contribution in [2.24, 2.45) is 0 Å².